The molecule has 0 aliphatic rings. The highest BCUT2D eigenvalue weighted by molar-refractivity contribution is 5.30. The van der Waals surface area contributed by atoms with Crippen molar-refractivity contribution in [2.24, 2.45) is 5.73 Å². The maximum Gasteiger partial charge on any atom is 0.141 e. The second-order valence-corrected chi connectivity index (χ2v) is 4.16. The summed E-state index contributed by atoms with van der Waals surface area (Å²) >= 11 is 0. The summed E-state index contributed by atoms with van der Waals surface area (Å²) in [5, 5.41) is 0. The van der Waals surface area contributed by atoms with Gasteiger partial charge in [0.15, 0.2) is 0 Å². The molecule has 2 aromatic rings. The number of pyridine rings is 1. The number of nitrogens with two attached hydrogens (primary N) is 1. The van der Waals surface area contributed by atoms with Crippen molar-refractivity contribution in [1.29, 1.82) is 0 Å². The van der Waals surface area contributed by atoms with Crippen LogP contribution in [-0.4, -0.2) is 4.98 Å². The molecule has 1 aromatic heterocycles. The van der Waals surface area contributed by atoms with E-state index >= 15 is 0 Å². The normalized spacial score (nSPS) is 12.2. The lowest BCUT2D eigenvalue weighted by Crippen LogP contribution is -2.05. The minimum Gasteiger partial charge on any atom is -0.489 e. The van der Waals surface area contributed by atoms with E-state index in [0.29, 0.717) is 11.3 Å². The molecule has 0 saturated carbocycles. The van der Waals surface area contributed by atoms with Crippen LogP contribution in [0.5, 0.6) is 5.75 Å². The lowest BCUT2D eigenvalue weighted by molar-refractivity contribution is 0.304. The molecule has 1 atom stereocenters. The highest BCUT2D eigenvalue weighted by Crippen LogP contribution is 2.18. The molecule has 0 aliphatic heterocycles. The van der Waals surface area contributed by atoms with E-state index in [1.54, 1.807) is 6.20 Å². The Balaban J connectivity index is 2.04. The Kier molecular flexibility index (Phi) is 3.89. The number of rotatable bonds is 4. The molecule has 0 saturated heterocycles. The summed E-state index contributed by atoms with van der Waals surface area (Å²) in [5.41, 5.74) is 7.49. The van der Waals surface area contributed by atoms with E-state index < -0.39 is 0 Å². The van der Waals surface area contributed by atoms with Gasteiger partial charge in [0.25, 0.3) is 0 Å². The third-order valence-corrected chi connectivity index (χ3v) is 2.55. The van der Waals surface area contributed by atoms with Gasteiger partial charge in [-0.3, -0.25) is 4.98 Å². The van der Waals surface area contributed by atoms with Crippen LogP contribution in [-0.2, 0) is 6.61 Å². The molecule has 0 bridgehead atoms. The monoisotopic (exact) mass is 246 g/mol. The highest BCUT2D eigenvalue weighted by atomic mass is 19.1. The third-order valence-electron chi connectivity index (χ3n) is 2.55. The molecule has 4 heteroatoms. The minimum atomic E-state index is -0.361. The Morgan fingerprint density at radius 1 is 1.33 bits per heavy atom. The van der Waals surface area contributed by atoms with E-state index in [9.17, 15) is 4.39 Å². The number of hydrogen-bond donors (Lipinski definition) is 1. The van der Waals surface area contributed by atoms with Crippen molar-refractivity contribution in [1.82, 2.24) is 4.98 Å². The standard InChI is InChI=1S/C14H15FN2O/c1-10(16)12-3-2-4-14(6-12)18-9-11-5-13(15)8-17-7-11/h2-8,10H,9,16H2,1H3/t10-/m1/s1. The fraction of sp³-hybridized carbons (Fsp3) is 0.214. The second-order valence-electron chi connectivity index (χ2n) is 4.16. The molecule has 0 amide bonds. The largest absolute Gasteiger partial charge is 0.489 e. The molecular weight excluding hydrogens is 231 g/mol. The molecule has 0 spiro atoms. The summed E-state index contributed by atoms with van der Waals surface area (Å²) in [7, 11) is 0. The number of halogens is 1. The first kappa shape index (κ1) is 12.5. The van der Waals surface area contributed by atoms with Crippen LogP contribution in [0.25, 0.3) is 0 Å². The van der Waals surface area contributed by atoms with Gasteiger partial charge >= 0.3 is 0 Å². The zero-order valence-corrected chi connectivity index (χ0v) is 10.1. The molecule has 1 aromatic carbocycles. The van der Waals surface area contributed by atoms with E-state index in [1.807, 2.05) is 31.2 Å². The molecule has 0 radical (unpaired) electrons. The van der Waals surface area contributed by atoms with Crippen LogP contribution in [0, 0.1) is 5.82 Å². The molecule has 0 aliphatic carbocycles. The molecule has 2 N–H and O–H groups in total. The Hall–Kier alpha value is -1.94. The smallest absolute Gasteiger partial charge is 0.141 e. The fourth-order valence-electron chi connectivity index (χ4n) is 1.59. The van der Waals surface area contributed by atoms with Crippen LogP contribution in [0.15, 0.2) is 42.7 Å². The van der Waals surface area contributed by atoms with Gasteiger partial charge in [0.05, 0.1) is 6.20 Å². The van der Waals surface area contributed by atoms with E-state index in [4.69, 9.17) is 10.5 Å². The SMILES string of the molecule is C[C@@H](N)c1cccc(OCc2cncc(F)c2)c1. The van der Waals surface area contributed by atoms with Crippen molar-refractivity contribution < 1.29 is 9.13 Å². The maximum atomic E-state index is 12.9. The van der Waals surface area contributed by atoms with Crippen LogP contribution >= 0.6 is 0 Å². The summed E-state index contributed by atoms with van der Waals surface area (Å²) in [4.78, 5) is 3.77. The van der Waals surface area contributed by atoms with E-state index in [2.05, 4.69) is 4.98 Å². The molecule has 18 heavy (non-hydrogen) atoms. The number of nitrogens with zero attached hydrogens (tertiary/aromatic N) is 1. The minimum absolute atomic E-state index is 0.0376. The van der Waals surface area contributed by atoms with Gasteiger partial charge in [-0.05, 0) is 30.7 Å². The van der Waals surface area contributed by atoms with Gasteiger partial charge in [-0.25, -0.2) is 4.39 Å². The van der Waals surface area contributed by atoms with Crippen molar-refractivity contribution in [3.8, 4) is 5.75 Å². The molecule has 0 fully saturated rings. The predicted molar refractivity (Wildman–Crippen MR) is 67.6 cm³/mol. The third kappa shape index (κ3) is 3.28. The second kappa shape index (κ2) is 5.60. The average molecular weight is 246 g/mol. The van der Waals surface area contributed by atoms with Crippen LogP contribution in [0.3, 0.4) is 0 Å². The van der Waals surface area contributed by atoms with Crippen LogP contribution in [0.2, 0.25) is 0 Å². The first-order valence-electron chi connectivity index (χ1n) is 5.73. The van der Waals surface area contributed by atoms with E-state index in [0.717, 1.165) is 5.56 Å². The summed E-state index contributed by atoms with van der Waals surface area (Å²) < 4.78 is 18.5. The zero-order valence-electron chi connectivity index (χ0n) is 10.1. The molecule has 0 unspecified atom stereocenters. The van der Waals surface area contributed by atoms with Gasteiger partial charge in [0.2, 0.25) is 0 Å². The Labute approximate surface area is 105 Å². The Morgan fingerprint density at radius 2 is 2.17 bits per heavy atom. The van der Waals surface area contributed by atoms with Gasteiger partial charge < -0.3 is 10.5 Å². The average Bonchev–Trinajstić information content (AvgIpc) is 2.37. The zero-order chi connectivity index (χ0) is 13.0. The lowest BCUT2D eigenvalue weighted by atomic mass is 10.1. The number of ether oxygens (including phenoxy) is 1. The molecule has 94 valence electrons. The van der Waals surface area contributed by atoms with E-state index in [-0.39, 0.29) is 18.5 Å². The van der Waals surface area contributed by atoms with Crippen molar-refractivity contribution in [3.63, 3.8) is 0 Å². The number of benzene rings is 1. The molecule has 2 rings (SSSR count). The maximum absolute atomic E-state index is 12.9. The molecule has 3 nitrogen and oxygen atoms in total. The molecular formula is C14H15FN2O. The van der Waals surface area contributed by atoms with Gasteiger partial charge in [-0.15, -0.1) is 0 Å². The quantitative estimate of drug-likeness (QED) is 0.902. The van der Waals surface area contributed by atoms with Gasteiger partial charge in [0.1, 0.15) is 18.2 Å². The van der Waals surface area contributed by atoms with Crippen molar-refractivity contribution >= 4 is 0 Å². The summed E-state index contributed by atoms with van der Waals surface area (Å²) in [6.45, 7) is 2.20. The van der Waals surface area contributed by atoms with Crippen LogP contribution < -0.4 is 10.5 Å². The number of hydrogen-bond acceptors (Lipinski definition) is 3. The topological polar surface area (TPSA) is 48.1 Å². The summed E-state index contributed by atoms with van der Waals surface area (Å²) in [5.74, 6) is 0.356. The van der Waals surface area contributed by atoms with Gasteiger partial charge in [-0.2, -0.15) is 0 Å². The molecule has 1 heterocycles. The highest BCUT2D eigenvalue weighted by Gasteiger charge is 2.02. The first-order chi connectivity index (χ1) is 8.65. The Bertz CT molecular complexity index is 529. The summed E-state index contributed by atoms with van der Waals surface area (Å²) in [6, 6.07) is 8.93. The van der Waals surface area contributed by atoms with Crippen molar-refractivity contribution in [3.05, 3.63) is 59.7 Å². The van der Waals surface area contributed by atoms with Gasteiger partial charge in [0, 0.05) is 17.8 Å². The summed E-state index contributed by atoms with van der Waals surface area (Å²) in [6.07, 6.45) is 2.75. The Morgan fingerprint density at radius 3 is 2.89 bits per heavy atom. The van der Waals surface area contributed by atoms with Crippen LogP contribution in [0.1, 0.15) is 24.1 Å². The predicted octanol–water partition coefficient (Wildman–Crippen LogP) is 2.82. The van der Waals surface area contributed by atoms with Gasteiger partial charge in [-0.1, -0.05) is 12.1 Å². The van der Waals surface area contributed by atoms with Crippen molar-refractivity contribution in [2.75, 3.05) is 0 Å². The number of aromatic nitrogens is 1. The van der Waals surface area contributed by atoms with Crippen LogP contribution in [0.4, 0.5) is 4.39 Å². The fourth-order valence-corrected chi connectivity index (χ4v) is 1.59. The first-order valence-corrected chi connectivity index (χ1v) is 5.73. The van der Waals surface area contributed by atoms with E-state index in [1.165, 1.54) is 12.3 Å². The van der Waals surface area contributed by atoms with Crippen molar-refractivity contribution in [2.45, 2.75) is 19.6 Å². The lowest BCUT2D eigenvalue weighted by Gasteiger charge is -2.10.